The van der Waals surface area contributed by atoms with E-state index < -0.39 is 23.5 Å². The van der Waals surface area contributed by atoms with Gasteiger partial charge in [-0.1, -0.05) is 72.8 Å². The van der Waals surface area contributed by atoms with Crippen LogP contribution in [0, 0.1) is 0 Å². The van der Waals surface area contributed by atoms with Crippen molar-refractivity contribution in [2.75, 3.05) is 23.8 Å². The van der Waals surface area contributed by atoms with E-state index in [1.165, 1.54) is 12.1 Å². The van der Waals surface area contributed by atoms with E-state index in [9.17, 15) is 39.0 Å². The Morgan fingerprint density at radius 3 is 1.23 bits per heavy atom. The zero-order valence-corrected chi connectivity index (χ0v) is 32.7. The van der Waals surface area contributed by atoms with Gasteiger partial charge in [0.1, 0.15) is 11.5 Å². The van der Waals surface area contributed by atoms with Crippen molar-refractivity contribution in [3.8, 4) is 11.5 Å². The number of benzene rings is 6. The Morgan fingerprint density at radius 1 is 0.459 bits per heavy atom. The number of phenolic OH excluding ortho intramolecular Hbond substituents is 2. The van der Waals surface area contributed by atoms with Crippen LogP contribution in [0.2, 0.25) is 0 Å². The number of rotatable bonds is 14. The number of fused-ring (bicyclic) bond motifs is 4. The molecule has 0 aliphatic heterocycles. The number of hydrogen-bond donors (Lipinski definition) is 4. The molecule has 6 aromatic carbocycles. The first-order chi connectivity index (χ1) is 29.6. The molecule has 12 nitrogen and oxygen atoms in total. The van der Waals surface area contributed by atoms with Crippen LogP contribution in [0.3, 0.4) is 0 Å². The number of ketones is 4. The van der Waals surface area contributed by atoms with Crippen LogP contribution in [-0.2, 0) is 31.9 Å². The van der Waals surface area contributed by atoms with Gasteiger partial charge in [-0.2, -0.15) is 0 Å². The van der Waals surface area contributed by atoms with Gasteiger partial charge in [-0.25, -0.2) is 0 Å². The number of nitrogens with one attached hydrogen (secondary N) is 2. The van der Waals surface area contributed by atoms with Crippen LogP contribution in [0.25, 0.3) is 0 Å². The summed E-state index contributed by atoms with van der Waals surface area (Å²) in [6.07, 6.45) is 1.13. The third-order valence-electron chi connectivity index (χ3n) is 10.6. The molecule has 0 bridgehead atoms. The Labute approximate surface area is 349 Å². The molecule has 12 heteroatoms. The maximum atomic E-state index is 13.4. The minimum absolute atomic E-state index is 0.0346. The summed E-state index contributed by atoms with van der Waals surface area (Å²) in [5, 5.41) is 27.4. The zero-order valence-electron chi connectivity index (χ0n) is 32.7. The highest BCUT2D eigenvalue weighted by Gasteiger charge is 2.35. The summed E-state index contributed by atoms with van der Waals surface area (Å²) in [4.78, 5) is 78.2. The molecule has 61 heavy (non-hydrogen) atoms. The molecule has 0 radical (unpaired) electrons. The van der Waals surface area contributed by atoms with Gasteiger partial charge in [-0.15, -0.1) is 0 Å². The molecule has 0 atom stereocenters. The molecule has 2 aliphatic carbocycles. The van der Waals surface area contributed by atoms with Gasteiger partial charge in [0.2, 0.25) is 0 Å². The molecular formula is C49H38N2O10. The van der Waals surface area contributed by atoms with E-state index >= 15 is 0 Å². The number of esters is 2. The number of carbonyl (C=O) groups is 6. The molecule has 4 N–H and O–H groups in total. The number of carbonyl (C=O) groups excluding carboxylic acids is 6. The van der Waals surface area contributed by atoms with E-state index in [-0.39, 0.29) is 100 Å². The second-order valence-electron chi connectivity index (χ2n) is 14.6. The number of ether oxygens (including phenoxy) is 2. The summed E-state index contributed by atoms with van der Waals surface area (Å²) in [5.41, 5.74) is 4.87. The Bertz CT molecular complexity index is 2600. The van der Waals surface area contributed by atoms with E-state index in [0.29, 0.717) is 35.6 Å². The van der Waals surface area contributed by atoms with Gasteiger partial charge in [0, 0.05) is 59.3 Å². The lowest BCUT2D eigenvalue weighted by Crippen LogP contribution is -2.22. The summed E-state index contributed by atoms with van der Waals surface area (Å²) in [7, 11) is 0. The van der Waals surface area contributed by atoms with E-state index in [1.807, 2.05) is 36.4 Å². The largest absolute Gasteiger partial charge is 0.507 e. The number of anilines is 4. The summed E-state index contributed by atoms with van der Waals surface area (Å²) < 4.78 is 10.8. The maximum Gasteiger partial charge on any atom is 0.305 e. The normalized spacial score (nSPS) is 12.5. The first kappa shape index (κ1) is 39.9. The molecule has 8 rings (SSSR count). The van der Waals surface area contributed by atoms with Crippen molar-refractivity contribution in [1.82, 2.24) is 0 Å². The smallest absolute Gasteiger partial charge is 0.305 e. The number of aromatic hydroxyl groups is 2. The predicted octanol–water partition coefficient (Wildman–Crippen LogP) is 8.18. The second-order valence-corrected chi connectivity index (χ2v) is 14.6. The third-order valence-corrected chi connectivity index (χ3v) is 10.6. The van der Waals surface area contributed by atoms with Crippen LogP contribution in [0.1, 0.15) is 94.1 Å². The summed E-state index contributed by atoms with van der Waals surface area (Å²) >= 11 is 0. The van der Waals surface area contributed by atoms with E-state index in [4.69, 9.17) is 9.47 Å². The van der Waals surface area contributed by atoms with E-state index in [2.05, 4.69) is 10.6 Å². The molecule has 0 fully saturated rings. The Morgan fingerprint density at radius 2 is 0.836 bits per heavy atom. The fourth-order valence-electron chi connectivity index (χ4n) is 7.63. The topological polar surface area (TPSA) is 185 Å². The van der Waals surface area contributed by atoms with E-state index in [0.717, 1.165) is 11.1 Å². The van der Waals surface area contributed by atoms with E-state index in [1.54, 1.807) is 72.8 Å². The number of hydrogen-bond acceptors (Lipinski definition) is 12. The Hall–Kier alpha value is -7.86. The van der Waals surface area contributed by atoms with Gasteiger partial charge < -0.3 is 30.3 Å². The SMILES string of the molecule is O=C(CCCC(=O)OCCc1cccc(Nc2ccc(O)c3c2C(=O)c2ccccc2C3=O)c1)OCCc1cccc(Nc2ccc(O)c3c2C(=O)c2ccccc2C3=O)c1. The van der Waals surface area contributed by atoms with Gasteiger partial charge in [-0.3, -0.25) is 28.8 Å². The third kappa shape index (κ3) is 8.24. The van der Waals surface area contributed by atoms with Crippen molar-refractivity contribution in [3.05, 3.63) is 177 Å². The summed E-state index contributed by atoms with van der Waals surface area (Å²) in [5.74, 6) is -3.02. The summed E-state index contributed by atoms with van der Waals surface area (Å²) in [6, 6.07) is 33.5. The first-order valence-electron chi connectivity index (χ1n) is 19.7. The van der Waals surface area contributed by atoms with Gasteiger partial charge in [0.25, 0.3) is 0 Å². The van der Waals surface area contributed by atoms with Crippen molar-refractivity contribution in [2.24, 2.45) is 0 Å². The van der Waals surface area contributed by atoms with Crippen LogP contribution < -0.4 is 10.6 Å². The quantitative estimate of drug-likeness (QED) is 0.0611. The molecule has 0 spiro atoms. The fourth-order valence-corrected chi connectivity index (χ4v) is 7.63. The fraction of sp³-hybridized carbons (Fsp3) is 0.143. The van der Waals surface area contributed by atoms with Crippen LogP contribution in [0.15, 0.2) is 121 Å². The van der Waals surface area contributed by atoms with Gasteiger partial charge in [0.15, 0.2) is 23.1 Å². The monoisotopic (exact) mass is 814 g/mol. The lowest BCUT2D eigenvalue weighted by atomic mass is 9.82. The van der Waals surface area contributed by atoms with Crippen molar-refractivity contribution in [3.63, 3.8) is 0 Å². The van der Waals surface area contributed by atoms with Gasteiger partial charge >= 0.3 is 11.9 Å². The minimum atomic E-state index is -0.448. The van der Waals surface area contributed by atoms with Crippen LogP contribution in [0.5, 0.6) is 11.5 Å². The lowest BCUT2D eigenvalue weighted by molar-refractivity contribution is -0.145. The molecule has 2 aliphatic rings. The molecule has 0 saturated heterocycles. The standard InChI is InChI=1S/C49H38N2O10/c52-38-20-18-36(42-44(38)48(58)34-14-3-1-12-32(34)46(42)56)50-30-10-5-8-28(26-30)22-24-60-40(54)16-7-17-41(55)61-25-23-29-9-6-11-31(27-29)51-37-19-21-39(53)45-43(37)47(57)33-13-2-4-15-35(33)49(45)59/h1-6,8-15,18-21,26-27,50-53H,7,16-17,22-25H2. The molecule has 6 aromatic rings. The molecule has 0 heterocycles. The molecule has 0 saturated carbocycles. The average Bonchev–Trinajstić information content (AvgIpc) is 3.26. The zero-order chi connectivity index (χ0) is 42.6. The van der Waals surface area contributed by atoms with Crippen molar-refractivity contribution in [2.45, 2.75) is 32.1 Å². The molecule has 0 unspecified atom stereocenters. The van der Waals surface area contributed by atoms with Crippen LogP contribution in [-0.4, -0.2) is 58.5 Å². The highest BCUT2D eigenvalue weighted by Crippen LogP contribution is 2.39. The highest BCUT2D eigenvalue weighted by molar-refractivity contribution is 6.32. The Kier molecular flexibility index (Phi) is 11.2. The lowest BCUT2D eigenvalue weighted by Gasteiger charge is -2.21. The summed E-state index contributed by atoms with van der Waals surface area (Å²) in [6.45, 7) is 0.216. The minimum Gasteiger partial charge on any atom is -0.507 e. The van der Waals surface area contributed by atoms with Crippen LogP contribution >= 0.6 is 0 Å². The average molecular weight is 815 g/mol. The highest BCUT2D eigenvalue weighted by atomic mass is 16.5. The maximum absolute atomic E-state index is 13.4. The molecule has 0 aromatic heterocycles. The first-order valence-corrected chi connectivity index (χ1v) is 19.7. The number of phenols is 2. The van der Waals surface area contributed by atoms with Crippen molar-refractivity contribution < 1.29 is 48.5 Å². The second kappa shape index (κ2) is 17.2. The molecule has 0 amide bonds. The van der Waals surface area contributed by atoms with Crippen LogP contribution in [0.4, 0.5) is 22.7 Å². The van der Waals surface area contributed by atoms with Crippen molar-refractivity contribution in [1.29, 1.82) is 0 Å². The van der Waals surface area contributed by atoms with Crippen molar-refractivity contribution >= 4 is 57.8 Å². The molecular weight excluding hydrogens is 777 g/mol. The van der Waals surface area contributed by atoms with Gasteiger partial charge in [-0.05, 0) is 66.1 Å². The predicted molar refractivity (Wildman–Crippen MR) is 225 cm³/mol. The Balaban J connectivity index is 0.774. The van der Waals surface area contributed by atoms with Gasteiger partial charge in [0.05, 0.1) is 46.8 Å². The molecule has 304 valence electrons.